The van der Waals surface area contributed by atoms with Gasteiger partial charge < -0.3 is 9.26 Å². The number of ether oxygens (including phenoxy) is 1. The number of aryl methyl sites for hydroxylation is 1. The molecule has 1 heterocycles. The first-order chi connectivity index (χ1) is 8.28. The lowest BCUT2D eigenvalue weighted by molar-refractivity contribution is 0.285. The van der Waals surface area contributed by atoms with Crippen LogP contribution in [-0.2, 0) is 13.0 Å². The summed E-state index contributed by atoms with van der Waals surface area (Å²) in [5.41, 5.74) is 0. The molecule has 0 spiro atoms. The van der Waals surface area contributed by atoms with Gasteiger partial charge in [0.05, 0.1) is 0 Å². The smallest absolute Gasteiger partial charge is 0.226 e. The molecule has 1 aromatic heterocycles. The molecule has 17 heavy (non-hydrogen) atoms. The first-order valence-electron chi connectivity index (χ1n) is 5.47. The highest BCUT2D eigenvalue weighted by molar-refractivity contribution is 6.30. The second-order valence-electron chi connectivity index (χ2n) is 3.60. The lowest BCUT2D eigenvalue weighted by Gasteiger charge is -2.02. The van der Waals surface area contributed by atoms with E-state index in [-0.39, 0.29) is 0 Å². The summed E-state index contributed by atoms with van der Waals surface area (Å²) in [6.45, 7) is 2.36. The molecule has 0 amide bonds. The van der Waals surface area contributed by atoms with Crippen molar-refractivity contribution in [2.24, 2.45) is 0 Å². The van der Waals surface area contributed by atoms with Gasteiger partial charge in [0.1, 0.15) is 5.75 Å². The highest BCUT2D eigenvalue weighted by atomic mass is 35.5. The lowest BCUT2D eigenvalue weighted by atomic mass is 10.3. The number of hydrogen-bond donors (Lipinski definition) is 0. The summed E-state index contributed by atoms with van der Waals surface area (Å²) in [6.07, 6.45) is 1.79. The van der Waals surface area contributed by atoms with Crippen molar-refractivity contribution in [2.75, 3.05) is 0 Å². The Morgan fingerprint density at radius 2 is 2.06 bits per heavy atom. The molecule has 2 aromatic rings. The lowest BCUT2D eigenvalue weighted by Crippen LogP contribution is -1.97. The molecular weight excluding hydrogens is 240 g/mol. The van der Waals surface area contributed by atoms with Crippen molar-refractivity contribution in [2.45, 2.75) is 26.4 Å². The van der Waals surface area contributed by atoms with Crippen molar-refractivity contribution >= 4 is 11.6 Å². The van der Waals surface area contributed by atoms with Crippen molar-refractivity contribution in [3.8, 4) is 5.75 Å². The number of benzene rings is 1. The van der Waals surface area contributed by atoms with Gasteiger partial charge in [0, 0.05) is 11.4 Å². The van der Waals surface area contributed by atoms with E-state index in [2.05, 4.69) is 17.1 Å². The normalized spacial score (nSPS) is 10.5. The van der Waals surface area contributed by atoms with Crippen molar-refractivity contribution < 1.29 is 9.26 Å². The standard InChI is InChI=1S/C12H13ClN2O2/c1-2-3-12-14-11(15-17-12)8-16-10-6-4-9(13)5-7-10/h4-7H,2-3,8H2,1H3. The van der Waals surface area contributed by atoms with Crippen molar-refractivity contribution in [1.82, 2.24) is 10.1 Å². The average Bonchev–Trinajstić information content (AvgIpc) is 2.77. The molecular formula is C12H13ClN2O2. The van der Waals surface area contributed by atoms with Crippen LogP contribution in [0.15, 0.2) is 28.8 Å². The first kappa shape index (κ1) is 11.9. The predicted octanol–water partition coefficient (Wildman–Crippen LogP) is 3.25. The van der Waals surface area contributed by atoms with Gasteiger partial charge in [-0.15, -0.1) is 0 Å². The van der Waals surface area contributed by atoms with Crippen LogP contribution >= 0.6 is 11.6 Å². The second-order valence-corrected chi connectivity index (χ2v) is 4.03. The molecule has 0 atom stereocenters. The van der Waals surface area contributed by atoms with Crippen molar-refractivity contribution in [1.29, 1.82) is 0 Å². The largest absolute Gasteiger partial charge is 0.485 e. The van der Waals surface area contributed by atoms with Crippen molar-refractivity contribution in [3.05, 3.63) is 41.0 Å². The summed E-state index contributed by atoms with van der Waals surface area (Å²) in [6, 6.07) is 7.15. The minimum absolute atomic E-state index is 0.300. The molecule has 0 fully saturated rings. The highest BCUT2D eigenvalue weighted by Crippen LogP contribution is 2.16. The van der Waals surface area contributed by atoms with Crippen LogP contribution in [0.2, 0.25) is 5.02 Å². The van der Waals surface area contributed by atoms with E-state index < -0.39 is 0 Å². The fourth-order valence-electron chi connectivity index (χ4n) is 1.34. The molecule has 0 bridgehead atoms. The molecule has 1 aromatic carbocycles. The van der Waals surface area contributed by atoms with Gasteiger partial charge in [-0.05, 0) is 30.7 Å². The molecule has 0 radical (unpaired) electrons. The van der Waals surface area contributed by atoms with Gasteiger partial charge in [0.25, 0.3) is 0 Å². The number of hydrogen-bond acceptors (Lipinski definition) is 4. The van der Waals surface area contributed by atoms with Crippen LogP contribution in [0.4, 0.5) is 0 Å². The number of nitrogens with zero attached hydrogens (tertiary/aromatic N) is 2. The molecule has 0 unspecified atom stereocenters. The van der Waals surface area contributed by atoms with E-state index in [1.807, 2.05) is 0 Å². The van der Waals surface area contributed by atoms with Gasteiger partial charge in [-0.3, -0.25) is 0 Å². The third-order valence-electron chi connectivity index (χ3n) is 2.16. The van der Waals surface area contributed by atoms with Gasteiger partial charge in [-0.25, -0.2) is 0 Å². The zero-order valence-corrected chi connectivity index (χ0v) is 10.3. The zero-order chi connectivity index (χ0) is 12.1. The molecule has 0 aliphatic carbocycles. The second kappa shape index (κ2) is 5.68. The summed E-state index contributed by atoms with van der Waals surface area (Å²) in [5, 5.41) is 4.51. The van der Waals surface area contributed by atoms with E-state index in [1.54, 1.807) is 24.3 Å². The predicted molar refractivity (Wildman–Crippen MR) is 64.1 cm³/mol. The van der Waals surface area contributed by atoms with Crippen LogP contribution in [0.25, 0.3) is 0 Å². The van der Waals surface area contributed by atoms with Gasteiger partial charge >= 0.3 is 0 Å². The molecule has 0 N–H and O–H groups in total. The summed E-state index contributed by atoms with van der Waals surface area (Å²) in [5.74, 6) is 1.95. The minimum atomic E-state index is 0.300. The molecule has 90 valence electrons. The Bertz CT molecular complexity index is 468. The Hall–Kier alpha value is -1.55. The van der Waals surface area contributed by atoms with Gasteiger partial charge in [0.15, 0.2) is 6.61 Å². The molecule has 5 heteroatoms. The molecule has 0 aliphatic rings. The molecule has 0 aliphatic heterocycles. The van der Waals surface area contributed by atoms with Gasteiger partial charge in [0.2, 0.25) is 11.7 Å². The van der Waals surface area contributed by atoms with Crippen molar-refractivity contribution in [3.63, 3.8) is 0 Å². The third-order valence-corrected chi connectivity index (χ3v) is 2.41. The molecule has 4 nitrogen and oxygen atoms in total. The van der Waals surface area contributed by atoms with E-state index in [4.69, 9.17) is 20.9 Å². The first-order valence-corrected chi connectivity index (χ1v) is 5.85. The summed E-state index contributed by atoms with van der Waals surface area (Å²) in [4.78, 5) is 4.20. The van der Waals surface area contributed by atoms with Crippen LogP contribution < -0.4 is 4.74 Å². The maximum atomic E-state index is 5.77. The summed E-state index contributed by atoms with van der Waals surface area (Å²) in [7, 11) is 0. The maximum Gasteiger partial charge on any atom is 0.226 e. The molecule has 0 saturated heterocycles. The topological polar surface area (TPSA) is 48.2 Å². The SMILES string of the molecule is CCCc1nc(COc2ccc(Cl)cc2)no1. The minimum Gasteiger partial charge on any atom is -0.485 e. The molecule has 2 rings (SSSR count). The Morgan fingerprint density at radius 1 is 1.29 bits per heavy atom. The quantitative estimate of drug-likeness (QED) is 0.820. The summed E-state index contributed by atoms with van der Waals surface area (Å²) < 4.78 is 10.5. The Kier molecular flexibility index (Phi) is 3.98. The van der Waals surface area contributed by atoms with E-state index in [0.29, 0.717) is 23.3 Å². The van der Waals surface area contributed by atoms with E-state index in [9.17, 15) is 0 Å². The fraction of sp³-hybridized carbons (Fsp3) is 0.333. The number of aromatic nitrogens is 2. The van der Waals surface area contributed by atoms with Crippen LogP contribution in [0, 0.1) is 0 Å². The highest BCUT2D eigenvalue weighted by Gasteiger charge is 2.05. The zero-order valence-electron chi connectivity index (χ0n) is 9.52. The number of rotatable bonds is 5. The van der Waals surface area contributed by atoms with Gasteiger partial charge in [-0.2, -0.15) is 4.98 Å². The Balaban J connectivity index is 1.90. The van der Waals surface area contributed by atoms with E-state index >= 15 is 0 Å². The summed E-state index contributed by atoms with van der Waals surface area (Å²) >= 11 is 5.77. The average molecular weight is 253 g/mol. The molecule has 0 saturated carbocycles. The van der Waals surface area contributed by atoms with Crippen LogP contribution in [0.3, 0.4) is 0 Å². The van der Waals surface area contributed by atoms with Crippen LogP contribution in [0.5, 0.6) is 5.75 Å². The fourth-order valence-corrected chi connectivity index (χ4v) is 1.47. The van der Waals surface area contributed by atoms with Gasteiger partial charge in [-0.1, -0.05) is 23.7 Å². The van der Waals surface area contributed by atoms with Crippen LogP contribution in [-0.4, -0.2) is 10.1 Å². The Labute approximate surface area is 105 Å². The van der Waals surface area contributed by atoms with Crippen LogP contribution in [0.1, 0.15) is 25.1 Å². The van der Waals surface area contributed by atoms with E-state index in [1.165, 1.54) is 0 Å². The maximum absolute atomic E-state index is 5.77. The number of halogens is 1. The monoisotopic (exact) mass is 252 g/mol. The Morgan fingerprint density at radius 3 is 2.76 bits per heavy atom. The third kappa shape index (κ3) is 3.46. The van der Waals surface area contributed by atoms with E-state index in [0.717, 1.165) is 18.6 Å².